The third-order valence-corrected chi connectivity index (χ3v) is 6.18. The molecule has 0 bridgehead atoms. The average molecular weight is 415 g/mol. The summed E-state index contributed by atoms with van der Waals surface area (Å²) in [5, 5.41) is 2.04. The standard InChI is InChI=1S/C21H16Cl2N2O3/c22-12-2-4-15-17(9-12)21(28-20(15)27)5-7-25(8-6-21)19(26)16-11-24-18-10-13(23)1-3-14(16)18/h1-4,9-11,24H,5-8H2. The summed E-state index contributed by atoms with van der Waals surface area (Å²) in [5.74, 6) is -0.362. The van der Waals surface area contributed by atoms with Crippen LogP contribution in [0.2, 0.25) is 10.0 Å². The summed E-state index contributed by atoms with van der Waals surface area (Å²) in [5.41, 5.74) is 2.16. The number of nitrogens with zero attached hydrogens (tertiary/aromatic N) is 1. The van der Waals surface area contributed by atoms with Crippen molar-refractivity contribution in [1.29, 1.82) is 0 Å². The van der Waals surface area contributed by atoms with Crippen LogP contribution in [0.5, 0.6) is 0 Å². The molecule has 5 rings (SSSR count). The molecule has 3 heterocycles. The fourth-order valence-electron chi connectivity index (χ4n) is 4.25. The van der Waals surface area contributed by atoms with Crippen molar-refractivity contribution in [3.63, 3.8) is 0 Å². The predicted molar refractivity (Wildman–Crippen MR) is 107 cm³/mol. The highest BCUT2D eigenvalue weighted by atomic mass is 35.5. The maximum Gasteiger partial charge on any atom is 0.339 e. The van der Waals surface area contributed by atoms with Crippen LogP contribution in [-0.2, 0) is 10.3 Å². The van der Waals surface area contributed by atoms with Crippen molar-refractivity contribution in [2.45, 2.75) is 18.4 Å². The summed E-state index contributed by atoms with van der Waals surface area (Å²) in [6.45, 7) is 0.997. The zero-order chi connectivity index (χ0) is 19.5. The van der Waals surface area contributed by atoms with Gasteiger partial charge in [-0.15, -0.1) is 0 Å². The molecule has 142 valence electrons. The molecule has 0 aliphatic carbocycles. The Morgan fingerprint density at radius 3 is 2.57 bits per heavy atom. The molecule has 0 radical (unpaired) electrons. The number of halogens is 2. The lowest BCUT2D eigenvalue weighted by atomic mass is 9.83. The molecule has 5 nitrogen and oxygen atoms in total. The molecule has 2 aliphatic heterocycles. The zero-order valence-electron chi connectivity index (χ0n) is 14.8. The molecule has 0 saturated carbocycles. The number of carbonyl (C=O) groups is 2. The fraction of sp³-hybridized carbons (Fsp3) is 0.238. The van der Waals surface area contributed by atoms with E-state index >= 15 is 0 Å². The van der Waals surface area contributed by atoms with Gasteiger partial charge in [0, 0.05) is 58.6 Å². The molecule has 7 heteroatoms. The quantitative estimate of drug-likeness (QED) is 0.582. The summed E-state index contributed by atoms with van der Waals surface area (Å²) in [6, 6.07) is 10.6. The van der Waals surface area contributed by atoms with E-state index in [4.69, 9.17) is 27.9 Å². The van der Waals surface area contributed by atoms with Crippen LogP contribution in [0.1, 0.15) is 39.1 Å². The summed E-state index contributed by atoms with van der Waals surface area (Å²) in [6.07, 6.45) is 2.82. The third-order valence-electron chi connectivity index (χ3n) is 5.71. The predicted octanol–water partition coefficient (Wildman–Crippen LogP) is 4.78. The first-order valence-corrected chi connectivity index (χ1v) is 9.82. The molecular weight excluding hydrogens is 399 g/mol. The number of hydrogen-bond acceptors (Lipinski definition) is 3. The van der Waals surface area contributed by atoms with Gasteiger partial charge < -0.3 is 14.6 Å². The molecule has 0 unspecified atom stereocenters. The molecule has 1 aromatic heterocycles. The summed E-state index contributed by atoms with van der Waals surface area (Å²) in [7, 11) is 0. The Bertz CT molecular complexity index is 1130. The van der Waals surface area contributed by atoms with Crippen LogP contribution in [0.25, 0.3) is 10.9 Å². The largest absolute Gasteiger partial charge is 0.450 e. The molecule has 1 amide bonds. The number of carbonyl (C=O) groups excluding carboxylic acids is 2. The first kappa shape index (κ1) is 17.6. The number of aromatic nitrogens is 1. The lowest BCUT2D eigenvalue weighted by Crippen LogP contribution is -2.45. The van der Waals surface area contributed by atoms with Gasteiger partial charge in [-0.25, -0.2) is 4.79 Å². The van der Waals surface area contributed by atoms with Crippen molar-refractivity contribution < 1.29 is 14.3 Å². The molecule has 1 spiro atoms. The van der Waals surface area contributed by atoms with Crippen LogP contribution < -0.4 is 0 Å². The number of amides is 1. The first-order chi connectivity index (χ1) is 13.5. The van der Waals surface area contributed by atoms with E-state index in [0.29, 0.717) is 47.1 Å². The zero-order valence-corrected chi connectivity index (χ0v) is 16.3. The Labute approximate surface area is 171 Å². The fourth-order valence-corrected chi connectivity index (χ4v) is 4.59. The second-order valence-electron chi connectivity index (χ2n) is 7.26. The molecule has 2 aliphatic rings. The number of likely N-dealkylation sites (tertiary alicyclic amines) is 1. The van der Waals surface area contributed by atoms with Crippen LogP contribution in [0, 0.1) is 0 Å². The Balaban J connectivity index is 1.40. The molecule has 28 heavy (non-hydrogen) atoms. The van der Waals surface area contributed by atoms with Gasteiger partial charge in [-0.2, -0.15) is 0 Å². The number of nitrogens with one attached hydrogen (secondary N) is 1. The van der Waals surface area contributed by atoms with Gasteiger partial charge >= 0.3 is 5.97 Å². The summed E-state index contributed by atoms with van der Waals surface area (Å²) in [4.78, 5) is 30.2. The minimum atomic E-state index is -0.693. The topological polar surface area (TPSA) is 62.4 Å². The van der Waals surface area contributed by atoms with E-state index < -0.39 is 5.60 Å². The second-order valence-corrected chi connectivity index (χ2v) is 8.13. The van der Waals surface area contributed by atoms with E-state index in [1.807, 2.05) is 12.1 Å². The van der Waals surface area contributed by atoms with E-state index in [1.54, 1.807) is 35.4 Å². The molecule has 3 aromatic rings. The van der Waals surface area contributed by atoms with Crippen molar-refractivity contribution in [3.8, 4) is 0 Å². The number of benzene rings is 2. The molecule has 1 saturated heterocycles. The van der Waals surface area contributed by atoms with Gasteiger partial charge in [0.15, 0.2) is 0 Å². The maximum absolute atomic E-state index is 13.1. The van der Waals surface area contributed by atoms with Crippen molar-refractivity contribution >= 4 is 46.0 Å². The van der Waals surface area contributed by atoms with Crippen LogP contribution in [0.4, 0.5) is 0 Å². The summed E-state index contributed by atoms with van der Waals surface area (Å²) < 4.78 is 5.76. The highest BCUT2D eigenvalue weighted by Gasteiger charge is 2.48. The van der Waals surface area contributed by atoms with E-state index in [-0.39, 0.29) is 11.9 Å². The molecule has 2 aromatic carbocycles. The van der Waals surface area contributed by atoms with Gasteiger partial charge in [0.05, 0.1) is 11.1 Å². The van der Waals surface area contributed by atoms with Gasteiger partial charge in [0.1, 0.15) is 5.60 Å². The van der Waals surface area contributed by atoms with Gasteiger partial charge in [0.25, 0.3) is 5.91 Å². The van der Waals surface area contributed by atoms with Gasteiger partial charge in [-0.05, 0) is 30.3 Å². The van der Waals surface area contributed by atoms with E-state index in [9.17, 15) is 9.59 Å². The minimum absolute atomic E-state index is 0.0425. The highest BCUT2D eigenvalue weighted by Crippen LogP contribution is 2.45. The third kappa shape index (κ3) is 2.61. The lowest BCUT2D eigenvalue weighted by Gasteiger charge is -2.38. The molecule has 1 fully saturated rings. The maximum atomic E-state index is 13.1. The van der Waals surface area contributed by atoms with Crippen LogP contribution in [0.3, 0.4) is 0 Å². The molecular formula is C21H16Cl2N2O3. The van der Waals surface area contributed by atoms with Gasteiger partial charge in [-0.3, -0.25) is 4.79 Å². The Kier molecular flexibility index (Phi) is 3.93. The molecule has 1 N–H and O–H groups in total. The number of hydrogen-bond donors (Lipinski definition) is 1. The second kappa shape index (κ2) is 6.26. The summed E-state index contributed by atoms with van der Waals surface area (Å²) >= 11 is 12.2. The number of piperidine rings is 1. The minimum Gasteiger partial charge on any atom is -0.450 e. The smallest absolute Gasteiger partial charge is 0.339 e. The normalized spacial score (nSPS) is 17.8. The van der Waals surface area contributed by atoms with E-state index in [0.717, 1.165) is 16.5 Å². The van der Waals surface area contributed by atoms with E-state index in [1.165, 1.54) is 0 Å². The number of H-pyrrole nitrogens is 1. The number of esters is 1. The van der Waals surface area contributed by atoms with Crippen LogP contribution >= 0.6 is 23.2 Å². The Morgan fingerprint density at radius 1 is 1.07 bits per heavy atom. The molecule has 0 atom stereocenters. The Morgan fingerprint density at radius 2 is 1.79 bits per heavy atom. The SMILES string of the molecule is O=C1OC2(CCN(C(=O)c3c[nH]c4cc(Cl)ccc34)CC2)c2cc(Cl)ccc21. The van der Waals surface area contributed by atoms with Crippen molar-refractivity contribution in [1.82, 2.24) is 9.88 Å². The number of ether oxygens (including phenoxy) is 1. The monoisotopic (exact) mass is 414 g/mol. The lowest BCUT2D eigenvalue weighted by molar-refractivity contribution is -0.0389. The highest BCUT2D eigenvalue weighted by molar-refractivity contribution is 6.31. The van der Waals surface area contributed by atoms with Crippen LogP contribution in [-0.4, -0.2) is 34.8 Å². The number of fused-ring (bicyclic) bond motifs is 3. The average Bonchev–Trinajstić information content (AvgIpc) is 3.21. The number of aromatic amines is 1. The van der Waals surface area contributed by atoms with Gasteiger partial charge in [0.2, 0.25) is 0 Å². The van der Waals surface area contributed by atoms with E-state index in [2.05, 4.69) is 4.98 Å². The van der Waals surface area contributed by atoms with Crippen molar-refractivity contribution in [2.75, 3.05) is 13.1 Å². The number of rotatable bonds is 1. The van der Waals surface area contributed by atoms with Crippen molar-refractivity contribution in [3.05, 3.63) is 69.3 Å². The van der Waals surface area contributed by atoms with Crippen molar-refractivity contribution in [2.24, 2.45) is 0 Å². The van der Waals surface area contributed by atoms with Gasteiger partial charge in [-0.1, -0.05) is 29.3 Å². The Hall–Kier alpha value is -2.50. The van der Waals surface area contributed by atoms with Crippen LogP contribution in [0.15, 0.2) is 42.6 Å². The first-order valence-electron chi connectivity index (χ1n) is 9.06.